The summed E-state index contributed by atoms with van der Waals surface area (Å²) in [5, 5.41) is 30.7. The Morgan fingerprint density at radius 1 is 0.667 bits per heavy atom. The van der Waals surface area contributed by atoms with Crippen molar-refractivity contribution >= 4 is 21.8 Å². The molecule has 0 amide bonds. The third-order valence-corrected chi connectivity index (χ3v) is 5.50. The zero-order chi connectivity index (χ0) is 23.1. The first-order valence-corrected chi connectivity index (χ1v) is 10.1. The van der Waals surface area contributed by atoms with Gasteiger partial charge >= 0.3 is 0 Å². The van der Waals surface area contributed by atoms with Crippen molar-refractivity contribution in [1.82, 2.24) is 19.5 Å². The maximum atomic E-state index is 9.90. The summed E-state index contributed by atoms with van der Waals surface area (Å²) in [5.41, 5.74) is 4.36. The van der Waals surface area contributed by atoms with Crippen molar-refractivity contribution in [3.05, 3.63) is 82.9 Å². The second kappa shape index (κ2) is 7.57. The van der Waals surface area contributed by atoms with Crippen molar-refractivity contribution < 1.29 is 0 Å². The fourth-order valence-electron chi connectivity index (χ4n) is 4.11. The van der Waals surface area contributed by atoms with Gasteiger partial charge in [-0.2, -0.15) is 15.8 Å². The minimum Gasteiger partial charge on any atom is -0.308 e. The van der Waals surface area contributed by atoms with Crippen LogP contribution in [0.25, 0.3) is 38.9 Å². The summed E-state index contributed by atoms with van der Waals surface area (Å²) in [6.07, 6.45) is 0. The Labute approximate surface area is 189 Å². The average molecular weight is 425 g/mol. The molecule has 0 unspecified atom stereocenters. The molecule has 0 aliphatic heterocycles. The van der Waals surface area contributed by atoms with Crippen molar-refractivity contribution in [2.75, 3.05) is 0 Å². The fraction of sp³-hybridized carbons (Fsp3) is 0.0769. The van der Waals surface area contributed by atoms with E-state index < -0.39 is 0 Å². The molecule has 0 saturated carbocycles. The highest BCUT2D eigenvalue weighted by Crippen LogP contribution is 2.35. The molecule has 0 aliphatic rings. The van der Waals surface area contributed by atoms with Crippen LogP contribution < -0.4 is 0 Å². The molecule has 0 radical (unpaired) electrons. The highest BCUT2D eigenvalue weighted by atomic mass is 15.0. The van der Waals surface area contributed by atoms with E-state index in [0.717, 1.165) is 27.4 Å². The topological polar surface area (TPSA) is 115 Å². The molecule has 0 fully saturated rings. The molecule has 7 nitrogen and oxygen atoms in total. The SMILES string of the molecule is Cc1nc(C)nc(-c2ccc(C#N)c(-n3c4cc(C#N)ccc4c4ccc(C#N)cc43)c2)n1. The van der Waals surface area contributed by atoms with Gasteiger partial charge in [-0.15, -0.1) is 0 Å². The van der Waals surface area contributed by atoms with Gasteiger partial charge in [0.25, 0.3) is 0 Å². The number of hydrogen-bond donors (Lipinski definition) is 0. The molecular formula is C26H15N7. The van der Waals surface area contributed by atoms with E-state index in [1.807, 2.05) is 42.7 Å². The maximum absolute atomic E-state index is 9.90. The van der Waals surface area contributed by atoms with Gasteiger partial charge in [0.05, 0.1) is 45.5 Å². The molecule has 0 saturated heterocycles. The molecule has 0 aliphatic carbocycles. The lowest BCUT2D eigenvalue weighted by Gasteiger charge is -2.12. The summed E-state index contributed by atoms with van der Waals surface area (Å²) in [4.78, 5) is 13.2. The zero-order valence-corrected chi connectivity index (χ0v) is 17.8. The summed E-state index contributed by atoms with van der Waals surface area (Å²) in [6, 6.07) is 23.0. The number of hydrogen-bond acceptors (Lipinski definition) is 6. The highest BCUT2D eigenvalue weighted by Gasteiger charge is 2.17. The standard InChI is InChI=1S/C26H15N7/c1-15-30-16(2)32-26(31-15)19-5-6-20(14-29)23(11-19)33-24-9-17(12-27)3-7-21(24)22-8-4-18(13-28)10-25(22)33/h3-11H,1-2H3. The van der Waals surface area contributed by atoms with Crippen LogP contribution in [-0.4, -0.2) is 19.5 Å². The summed E-state index contributed by atoms with van der Waals surface area (Å²) in [5.74, 6) is 1.73. The Morgan fingerprint density at radius 2 is 1.24 bits per heavy atom. The van der Waals surface area contributed by atoms with Crippen LogP contribution in [-0.2, 0) is 0 Å². The third kappa shape index (κ3) is 3.24. The molecule has 154 valence electrons. The quantitative estimate of drug-likeness (QED) is 0.398. The van der Waals surface area contributed by atoms with Crippen LogP contribution in [0.5, 0.6) is 0 Å². The Balaban J connectivity index is 1.90. The number of benzene rings is 3. The molecule has 0 spiro atoms. The second-order valence-electron chi connectivity index (χ2n) is 7.62. The number of nitriles is 3. The van der Waals surface area contributed by atoms with Crippen LogP contribution in [0.3, 0.4) is 0 Å². The number of aromatic nitrogens is 4. The number of aryl methyl sites for hydroxylation is 2. The lowest BCUT2D eigenvalue weighted by Crippen LogP contribution is -2.02. The molecule has 0 atom stereocenters. The fourth-order valence-corrected chi connectivity index (χ4v) is 4.11. The minimum atomic E-state index is 0.449. The van der Waals surface area contributed by atoms with E-state index in [1.165, 1.54) is 0 Å². The normalized spacial score (nSPS) is 10.6. The van der Waals surface area contributed by atoms with Gasteiger partial charge in [0.15, 0.2) is 5.82 Å². The van der Waals surface area contributed by atoms with Crippen molar-refractivity contribution in [2.24, 2.45) is 0 Å². The van der Waals surface area contributed by atoms with E-state index in [0.29, 0.717) is 39.9 Å². The molecule has 2 heterocycles. The lowest BCUT2D eigenvalue weighted by atomic mass is 10.1. The maximum Gasteiger partial charge on any atom is 0.163 e. The molecule has 3 aromatic carbocycles. The van der Waals surface area contributed by atoms with Crippen molar-refractivity contribution in [3.8, 4) is 35.3 Å². The van der Waals surface area contributed by atoms with Crippen LogP contribution in [0.2, 0.25) is 0 Å². The summed E-state index contributed by atoms with van der Waals surface area (Å²) in [6.45, 7) is 3.62. The first-order valence-electron chi connectivity index (χ1n) is 10.1. The average Bonchev–Trinajstić information content (AvgIpc) is 3.15. The van der Waals surface area contributed by atoms with Gasteiger partial charge in [-0.1, -0.05) is 12.1 Å². The lowest BCUT2D eigenvalue weighted by molar-refractivity contribution is 0.928. The van der Waals surface area contributed by atoms with Crippen LogP contribution >= 0.6 is 0 Å². The predicted octanol–water partition coefficient (Wildman–Crippen LogP) is 4.87. The third-order valence-electron chi connectivity index (χ3n) is 5.50. The smallest absolute Gasteiger partial charge is 0.163 e. The first-order chi connectivity index (χ1) is 16.0. The Morgan fingerprint density at radius 3 is 1.76 bits per heavy atom. The molecule has 0 bridgehead atoms. The van der Waals surface area contributed by atoms with E-state index >= 15 is 0 Å². The molecule has 33 heavy (non-hydrogen) atoms. The summed E-state index contributed by atoms with van der Waals surface area (Å²) in [7, 11) is 0. The van der Waals surface area contributed by atoms with Crippen LogP contribution in [0.15, 0.2) is 54.6 Å². The van der Waals surface area contributed by atoms with E-state index in [2.05, 4.69) is 33.2 Å². The van der Waals surface area contributed by atoms with Gasteiger partial charge in [0, 0.05) is 16.3 Å². The van der Waals surface area contributed by atoms with Gasteiger partial charge in [0.1, 0.15) is 17.7 Å². The molecular weight excluding hydrogens is 410 g/mol. The molecule has 7 heteroatoms. The van der Waals surface area contributed by atoms with Crippen molar-refractivity contribution in [2.45, 2.75) is 13.8 Å². The molecule has 5 rings (SSSR count). The Hall–Kier alpha value is -5.06. The van der Waals surface area contributed by atoms with Crippen molar-refractivity contribution in [3.63, 3.8) is 0 Å². The Bertz CT molecular complexity index is 1630. The molecule has 5 aromatic rings. The van der Waals surface area contributed by atoms with E-state index in [4.69, 9.17) is 0 Å². The molecule has 2 aromatic heterocycles. The zero-order valence-electron chi connectivity index (χ0n) is 17.8. The monoisotopic (exact) mass is 425 g/mol. The van der Waals surface area contributed by atoms with Crippen LogP contribution in [0.1, 0.15) is 28.3 Å². The van der Waals surface area contributed by atoms with Gasteiger partial charge in [0.2, 0.25) is 0 Å². The highest BCUT2D eigenvalue weighted by molar-refractivity contribution is 6.10. The van der Waals surface area contributed by atoms with Crippen molar-refractivity contribution in [1.29, 1.82) is 15.8 Å². The molecule has 0 N–H and O–H groups in total. The van der Waals surface area contributed by atoms with Gasteiger partial charge in [-0.3, -0.25) is 0 Å². The van der Waals surface area contributed by atoms with E-state index in [9.17, 15) is 15.8 Å². The number of nitrogens with zero attached hydrogens (tertiary/aromatic N) is 7. The van der Waals surface area contributed by atoms with Gasteiger partial charge in [-0.05, 0) is 56.3 Å². The van der Waals surface area contributed by atoms with Gasteiger partial charge < -0.3 is 4.57 Å². The van der Waals surface area contributed by atoms with Crippen LogP contribution in [0, 0.1) is 47.8 Å². The van der Waals surface area contributed by atoms with E-state index in [1.54, 1.807) is 30.3 Å². The number of fused-ring (bicyclic) bond motifs is 3. The van der Waals surface area contributed by atoms with Crippen LogP contribution in [0.4, 0.5) is 0 Å². The summed E-state index contributed by atoms with van der Waals surface area (Å²) < 4.78 is 1.93. The number of rotatable bonds is 2. The first kappa shape index (κ1) is 19.9. The largest absolute Gasteiger partial charge is 0.308 e. The summed E-state index contributed by atoms with van der Waals surface area (Å²) >= 11 is 0. The minimum absolute atomic E-state index is 0.449. The Kier molecular flexibility index (Phi) is 4.56. The second-order valence-corrected chi connectivity index (χ2v) is 7.62. The predicted molar refractivity (Wildman–Crippen MR) is 123 cm³/mol. The van der Waals surface area contributed by atoms with E-state index in [-0.39, 0.29) is 0 Å². The van der Waals surface area contributed by atoms with Gasteiger partial charge in [-0.25, -0.2) is 15.0 Å².